The lowest BCUT2D eigenvalue weighted by atomic mass is 10.1. The fourth-order valence-electron chi connectivity index (χ4n) is 3.48. The smallest absolute Gasteiger partial charge is 0.333 e. The highest BCUT2D eigenvalue weighted by Gasteiger charge is 2.09. The molecule has 3 aromatic rings. The molecule has 0 aliphatic heterocycles. The van der Waals surface area contributed by atoms with Crippen molar-refractivity contribution in [1.29, 1.82) is 0 Å². The Kier molecular flexibility index (Phi) is 12.7. The number of rotatable bonds is 16. The lowest BCUT2D eigenvalue weighted by Crippen LogP contribution is -2.07. The molecule has 3 rings (SSSR count). The normalized spacial score (nSPS) is 10.4. The summed E-state index contributed by atoms with van der Waals surface area (Å²) in [6.07, 6.45) is 3.18. The third-order valence-electron chi connectivity index (χ3n) is 5.70. The summed E-state index contributed by atoms with van der Waals surface area (Å²) in [6.45, 7) is 10.1. The van der Waals surface area contributed by atoms with Gasteiger partial charge >= 0.3 is 11.9 Å². The molecule has 0 heterocycles. The van der Waals surface area contributed by atoms with Crippen molar-refractivity contribution in [3.8, 4) is 22.6 Å². The van der Waals surface area contributed by atoms with Crippen LogP contribution in [0.5, 0.6) is 11.5 Å². The first-order valence-electron chi connectivity index (χ1n) is 13.3. The van der Waals surface area contributed by atoms with Crippen LogP contribution in [0.15, 0.2) is 102 Å². The molecule has 0 N–H and O–H groups in total. The van der Waals surface area contributed by atoms with Gasteiger partial charge in [-0.1, -0.05) is 37.4 Å². The molecule has 0 spiro atoms. The SMILES string of the molecule is C=CC(=O)OCCCOc1ccc(C(=O)Sc2ccc(-c3ccc(OCCCCOC(=O)C(=C)C)cc3)cc2)cc1. The molecule has 41 heavy (non-hydrogen) atoms. The topological polar surface area (TPSA) is 88.1 Å². The zero-order chi connectivity index (χ0) is 29.5. The van der Waals surface area contributed by atoms with Crippen LogP contribution in [-0.2, 0) is 19.1 Å². The zero-order valence-corrected chi connectivity index (χ0v) is 24.0. The average Bonchev–Trinajstić information content (AvgIpc) is 2.99. The van der Waals surface area contributed by atoms with Crippen LogP contribution in [0.4, 0.5) is 0 Å². The molecule has 214 valence electrons. The molecule has 0 aliphatic rings. The van der Waals surface area contributed by atoms with Gasteiger partial charge in [-0.3, -0.25) is 4.79 Å². The first-order valence-corrected chi connectivity index (χ1v) is 14.1. The number of carbonyl (C=O) groups excluding carboxylic acids is 3. The third-order valence-corrected chi connectivity index (χ3v) is 6.63. The number of hydrogen-bond donors (Lipinski definition) is 0. The second kappa shape index (κ2) is 16.7. The minimum Gasteiger partial charge on any atom is -0.494 e. The molecule has 0 atom stereocenters. The predicted octanol–water partition coefficient (Wildman–Crippen LogP) is 7.06. The van der Waals surface area contributed by atoms with E-state index in [0.29, 0.717) is 43.1 Å². The summed E-state index contributed by atoms with van der Waals surface area (Å²) < 4.78 is 21.4. The van der Waals surface area contributed by atoms with E-state index in [1.54, 1.807) is 31.2 Å². The summed E-state index contributed by atoms with van der Waals surface area (Å²) >= 11 is 1.17. The Bertz CT molecular complexity index is 1310. The molecule has 0 unspecified atom stereocenters. The minimum absolute atomic E-state index is 0.0591. The fraction of sp³-hybridized carbons (Fsp3) is 0.242. The zero-order valence-electron chi connectivity index (χ0n) is 23.1. The molecule has 0 bridgehead atoms. The highest BCUT2D eigenvalue weighted by atomic mass is 32.2. The highest BCUT2D eigenvalue weighted by molar-refractivity contribution is 8.14. The van der Waals surface area contributed by atoms with Gasteiger partial charge < -0.3 is 18.9 Å². The van der Waals surface area contributed by atoms with E-state index in [4.69, 9.17) is 18.9 Å². The largest absolute Gasteiger partial charge is 0.494 e. The number of carbonyl (C=O) groups is 3. The molecule has 0 aromatic heterocycles. The van der Waals surface area contributed by atoms with Gasteiger partial charge in [0.25, 0.3) is 0 Å². The van der Waals surface area contributed by atoms with Crippen molar-refractivity contribution in [2.45, 2.75) is 31.1 Å². The van der Waals surface area contributed by atoms with E-state index in [0.717, 1.165) is 40.7 Å². The summed E-state index contributed by atoms with van der Waals surface area (Å²) in [5, 5.41) is -0.0591. The van der Waals surface area contributed by atoms with Crippen molar-refractivity contribution in [3.05, 3.63) is 103 Å². The number of ether oxygens (including phenoxy) is 4. The summed E-state index contributed by atoms with van der Waals surface area (Å²) in [6, 6.07) is 22.6. The first-order chi connectivity index (χ1) is 19.9. The second-order valence-corrected chi connectivity index (χ2v) is 10.1. The van der Waals surface area contributed by atoms with Gasteiger partial charge in [0.05, 0.1) is 26.4 Å². The van der Waals surface area contributed by atoms with Gasteiger partial charge in [0.15, 0.2) is 0 Å². The number of benzene rings is 3. The lowest BCUT2D eigenvalue weighted by molar-refractivity contribution is -0.139. The molecule has 0 fully saturated rings. The van der Waals surface area contributed by atoms with E-state index in [1.807, 2.05) is 48.5 Å². The summed E-state index contributed by atoms with van der Waals surface area (Å²) in [5.41, 5.74) is 3.06. The Hall–Kier alpha value is -4.30. The maximum Gasteiger partial charge on any atom is 0.333 e. The molecule has 0 aliphatic carbocycles. The van der Waals surface area contributed by atoms with Gasteiger partial charge in [-0.2, -0.15) is 0 Å². The molecule has 3 aromatic carbocycles. The quantitative estimate of drug-likeness (QED) is 0.0777. The van der Waals surface area contributed by atoms with Crippen LogP contribution < -0.4 is 9.47 Å². The molecular formula is C33H34O7S. The maximum absolute atomic E-state index is 12.7. The van der Waals surface area contributed by atoms with Crippen LogP contribution in [0.3, 0.4) is 0 Å². The second-order valence-electron chi connectivity index (χ2n) is 9.01. The Labute approximate surface area is 245 Å². The van der Waals surface area contributed by atoms with Gasteiger partial charge in [0.2, 0.25) is 5.12 Å². The average molecular weight is 575 g/mol. The molecule has 0 radical (unpaired) electrons. The van der Waals surface area contributed by atoms with Gasteiger partial charge in [0, 0.05) is 28.5 Å². The van der Waals surface area contributed by atoms with Gasteiger partial charge in [-0.15, -0.1) is 0 Å². The van der Waals surface area contributed by atoms with Gasteiger partial charge in [-0.25, -0.2) is 9.59 Å². The van der Waals surface area contributed by atoms with E-state index in [2.05, 4.69) is 13.2 Å². The Morgan fingerprint density at radius 2 is 1.22 bits per heavy atom. The van der Waals surface area contributed by atoms with Crippen LogP contribution >= 0.6 is 11.8 Å². The van der Waals surface area contributed by atoms with Crippen LogP contribution in [-0.4, -0.2) is 43.5 Å². The summed E-state index contributed by atoms with van der Waals surface area (Å²) in [4.78, 5) is 36.0. The van der Waals surface area contributed by atoms with Gasteiger partial charge in [-0.05, 0) is 91.2 Å². The summed E-state index contributed by atoms with van der Waals surface area (Å²) in [5.74, 6) is 0.599. The third kappa shape index (κ3) is 11.0. The first kappa shape index (κ1) is 31.2. The number of thioether (sulfide) groups is 1. The number of hydrogen-bond acceptors (Lipinski definition) is 8. The van der Waals surface area contributed by atoms with Crippen molar-refractivity contribution >= 4 is 28.8 Å². The molecule has 0 saturated carbocycles. The van der Waals surface area contributed by atoms with E-state index in [-0.39, 0.29) is 17.7 Å². The fourth-order valence-corrected chi connectivity index (χ4v) is 4.22. The molecular weight excluding hydrogens is 540 g/mol. The highest BCUT2D eigenvalue weighted by Crippen LogP contribution is 2.28. The van der Waals surface area contributed by atoms with Crippen molar-refractivity contribution in [3.63, 3.8) is 0 Å². The van der Waals surface area contributed by atoms with Crippen molar-refractivity contribution < 1.29 is 33.3 Å². The summed E-state index contributed by atoms with van der Waals surface area (Å²) in [7, 11) is 0. The minimum atomic E-state index is -0.453. The lowest BCUT2D eigenvalue weighted by Gasteiger charge is -2.09. The van der Waals surface area contributed by atoms with E-state index in [9.17, 15) is 14.4 Å². The van der Waals surface area contributed by atoms with Crippen LogP contribution in [0.2, 0.25) is 0 Å². The monoisotopic (exact) mass is 574 g/mol. The Balaban J connectivity index is 1.40. The predicted molar refractivity (Wildman–Crippen MR) is 160 cm³/mol. The molecule has 0 saturated heterocycles. The van der Waals surface area contributed by atoms with Gasteiger partial charge in [0.1, 0.15) is 11.5 Å². The number of unbranched alkanes of at least 4 members (excludes halogenated alkanes) is 1. The van der Waals surface area contributed by atoms with Crippen LogP contribution in [0.1, 0.15) is 36.5 Å². The molecule has 7 nitrogen and oxygen atoms in total. The Morgan fingerprint density at radius 1 is 0.707 bits per heavy atom. The van der Waals surface area contributed by atoms with E-state index in [1.165, 1.54) is 11.8 Å². The standard InChI is InChI=1S/C33H34O7S/c1-4-31(34)39-23-7-22-38-29-16-10-27(11-17-29)33(36)41-30-18-12-26(13-19-30)25-8-14-28(15-9-25)37-20-5-6-21-40-32(35)24(2)3/h4,8-19H,1-2,5-7,20-23H2,3H3. The molecule has 8 heteroatoms. The Morgan fingerprint density at radius 3 is 1.80 bits per heavy atom. The van der Waals surface area contributed by atoms with E-state index < -0.39 is 5.97 Å². The van der Waals surface area contributed by atoms with E-state index >= 15 is 0 Å². The van der Waals surface area contributed by atoms with Crippen LogP contribution in [0.25, 0.3) is 11.1 Å². The van der Waals surface area contributed by atoms with Crippen molar-refractivity contribution in [1.82, 2.24) is 0 Å². The maximum atomic E-state index is 12.7. The number of esters is 2. The van der Waals surface area contributed by atoms with Crippen LogP contribution in [0, 0.1) is 0 Å². The van der Waals surface area contributed by atoms with Crippen molar-refractivity contribution in [2.24, 2.45) is 0 Å². The molecule has 0 amide bonds. The van der Waals surface area contributed by atoms with Crippen molar-refractivity contribution in [2.75, 3.05) is 26.4 Å².